The third-order valence-corrected chi connectivity index (χ3v) is 2.16. The molecule has 0 rings (SSSR count). The Morgan fingerprint density at radius 3 is 1.92 bits per heavy atom. The molecule has 0 amide bonds. The minimum atomic E-state index is -0.0353. The Morgan fingerprint density at radius 2 is 1.62 bits per heavy atom. The fraction of sp³-hybridized carbons (Fsp3) is 0.909. The van der Waals surface area contributed by atoms with E-state index in [9.17, 15) is 4.79 Å². The molecule has 0 bridgehead atoms. The highest BCUT2D eigenvalue weighted by Gasteiger charge is 2.26. The molecule has 0 spiro atoms. The highest BCUT2D eigenvalue weighted by atomic mass is 16.5. The molecule has 13 heavy (non-hydrogen) atoms. The summed E-state index contributed by atoms with van der Waals surface area (Å²) in [6, 6.07) is 0. The van der Waals surface area contributed by atoms with Crippen LogP contribution in [0.2, 0.25) is 0 Å². The molecule has 0 radical (unpaired) electrons. The van der Waals surface area contributed by atoms with Crippen LogP contribution in [0, 0.1) is 17.8 Å². The SMILES string of the molecule is CCCOC(=O)C(C(C)C)C(C)C. The predicted octanol–water partition coefficient (Wildman–Crippen LogP) is 2.87. The molecular weight excluding hydrogens is 164 g/mol. The zero-order valence-corrected chi connectivity index (χ0v) is 9.46. The number of rotatable bonds is 5. The van der Waals surface area contributed by atoms with Crippen molar-refractivity contribution >= 4 is 5.97 Å². The van der Waals surface area contributed by atoms with E-state index in [-0.39, 0.29) is 11.9 Å². The van der Waals surface area contributed by atoms with Gasteiger partial charge in [-0.3, -0.25) is 4.79 Å². The van der Waals surface area contributed by atoms with Crippen LogP contribution in [0.15, 0.2) is 0 Å². The first-order chi connectivity index (χ1) is 6.00. The molecule has 0 aromatic rings. The van der Waals surface area contributed by atoms with Crippen LogP contribution < -0.4 is 0 Å². The first-order valence-corrected chi connectivity index (χ1v) is 5.17. The predicted molar refractivity (Wildman–Crippen MR) is 54.4 cm³/mol. The minimum Gasteiger partial charge on any atom is -0.465 e. The Hall–Kier alpha value is -0.530. The van der Waals surface area contributed by atoms with Gasteiger partial charge in [-0.1, -0.05) is 34.6 Å². The summed E-state index contributed by atoms with van der Waals surface area (Å²) >= 11 is 0. The van der Waals surface area contributed by atoms with E-state index in [1.807, 2.05) is 6.92 Å². The monoisotopic (exact) mass is 186 g/mol. The number of esters is 1. The molecule has 0 fully saturated rings. The van der Waals surface area contributed by atoms with Gasteiger partial charge in [0.1, 0.15) is 0 Å². The highest BCUT2D eigenvalue weighted by Crippen LogP contribution is 2.21. The maximum Gasteiger partial charge on any atom is 0.309 e. The molecule has 0 aromatic carbocycles. The van der Waals surface area contributed by atoms with Gasteiger partial charge in [0.2, 0.25) is 0 Å². The lowest BCUT2D eigenvalue weighted by atomic mass is 9.86. The summed E-state index contributed by atoms with van der Waals surface area (Å²) < 4.78 is 5.14. The third kappa shape index (κ3) is 4.30. The van der Waals surface area contributed by atoms with Gasteiger partial charge in [0.25, 0.3) is 0 Å². The van der Waals surface area contributed by atoms with Crippen molar-refractivity contribution in [3.8, 4) is 0 Å². The molecule has 78 valence electrons. The van der Waals surface area contributed by atoms with Crippen molar-refractivity contribution in [2.45, 2.75) is 41.0 Å². The molecule has 2 heteroatoms. The van der Waals surface area contributed by atoms with Gasteiger partial charge in [-0.2, -0.15) is 0 Å². The lowest BCUT2D eigenvalue weighted by Crippen LogP contribution is -2.27. The Balaban J connectivity index is 4.13. The fourth-order valence-corrected chi connectivity index (χ4v) is 1.61. The maximum atomic E-state index is 11.6. The van der Waals surface area contributed by atoms with E-state index in [1.54, 1.807) is 0 Å². The summed E-state index contributed by atoms with van der Waals surface area (Å²) in [5, 5.41) is 0. The molecule has 2 nitrogen and oxygen atoms in total. The normalized spacial score (nSPS) is 11.4. The lowest BCUT2D eigenvalue weighted by molar-refractivity contribution is -0.151. The van der Waals surface area contributed by atoms with Gasteiger partial charge >= 0.3 is 5.97 Å². The molecule has 0 N–H and O–H groups in total. The van der Waals surface area contributed by atoms with Crippen molar-refractivity contribution in [1.82, 2.24) is 0 Å². The Kier molecular flexibility index (Phi) is 5.76. The van der Waals surface area contributed by atoms with E-state index < -0.39 is 0 Å². The molecular formula is C11H22O2. The second-order valence-electron chi connectivity index (χ2n) is 4.18. The van der Waals surface area contributed by atoms with Crippen LogP contribution in [0.4, 0.5) is 0 Å². The molecule has 0 aromatic heterocycles. The topological polar surface area (TPSA) is 26.3 Å². The Bertz CT molecular complexity index is 142. The first-order valence-electron chi connectivity index (χ1n) is 5.17. The number of hydrogen-bond donors (Lipinski definition) is 0. The van der Waals surface area contributed by atoms with Gasteiger partial charge in [0.05, 0.1) is 12.5 Å². The summed E-state index contributed by atoms with van der Waals surface area (Å²) in [5.41, 5.74) is 0. The second kappa shape index (κ2) is 6.01. The number of carbonyl (C=O) groups excluding carboxylic acids is 1. The van der Waals surface area contributed by atoms with E-state index in [0.29, 0.717) is 18.4 Å². The average Bonchev–Trinajstić information content (AvgIpc) is 1.99. The van der Waals surface area contributed by atoms with E-state index >= 15 is 0 Å². The van der Waals surface area contributed by atoms with Crippen molar-refractivity contribution in [3.63, 3.8) is 0 Å². The Morgan fingerprint density at radius 1 is 1.15 bits per heavy atom. The fourth-order valence-electron chi connectivity index (χ4n) is 1.61. The van der Waals surface area contributed by atoms with E-state index in [0.717, 1.165) is 6.42 Å². The zero-order valence-electron chi connectivity index (χ0n) is 9.46. The summed E-state index contributed by atoms with van der Waals surface area (Å²) in [4.78, 5) is 11.6. The number of ether oxygens (including phenoxy) is 1. The molecule has 0 atom stereocenters. The van der Waals surface area contributed by atoms with E-state index in [1.165, 1.54) is 0 Å². The maximum absolute atomic E-state index is 11.6. The standard InChI is InChI=1S/C11H22O2/c1-6-7-13-11(12)10(8(2)3)9(4)5/h8-10H,6-7H2,1-5H3. The number of carbonyl (C=O) groups is 1. The smallest absolute Gasteiger partial charge is 0.309 e. The summed E-state index contributed by atoms with van der Waals surface area (Å²) in [5.74, 6) is 0.743. The van der Waals surface area contributed by atoms with Crippen LogP contribution in [0.5, 0.6) is 0 Å². The third-order valence-electron chi connectivity index (χ3n) is 2.16. The van der Waals surface area contributed by atoms with Crippen molar-refractivity contribution in [2.24, 2.45) is 17.8 Å². The van der Waals surface area contributed by atoms with Crippen molar-refractivity contribution < 1.29 is 9.53 Å². The van der Waals surface area contributed by atoms with Gasteiger partial charge in [-0.25, -0.2) is 0 Å². The molecule has 0 saturated carbocycles. The van der Waals surface area contributed by atoms with Crippen LogP contribution in [0.25, 0.3) is 0 Å². The Labute approximate surface area is 81.7 Å². The van der Waals surface area contributed by atoms with Crippen molar-refractivity contribution in [2.75, 3.05) is 6.61 Å². The summed E-state index contributed by atoms with van der Waals surface area (Å²) in [7, 11) is 0. The molecule has 0 heterocycles. The molecule has 0 saturated heterocycles. The van der Waals surface area contributed by atoms with Crippen LogP contribution in [0.1, 0.15) is 41.0 Å². The molecule has 0 aliphatic heterocycles. The van der Waals surface area contributed by atoms with Crippen LogP contribution in [0.3, 0.4) is 0 Å². The largest absolute Gasteiger partial charge is 0.465 e. The van der Waals surface area contributed by atoms with Crippen LogP contribution in [-0.2, 0) is 9.53 Å². The second-order valence-corrected chi connectivity index (χ2v) is 4.18. The van der Waals surface area contributed by atoms with E-state index in [2.05, 4.69) is 27.7 Å². The summed E-state index contributed by atoms with van der Waals surface area (Å²) in [6.07, 6.45) is 0.897. The van der Waals surface area contributed by atoms with Gasteiger partial charge in [-0.15, -0.1) is 0 Å². The van der Waals surface area contributed by atoms with Crippen LogP contribution in [-0.4, -0.2) is 12.6 Å². The first kappa shape index (κ1) is 12.5. The molecule has 0 unspecified atom stereocenters. The minimum absolute atomic E-state index is 0.0353. The quantitative estimate of drug-likeness (QED) is 0.617. The van der Waals surface area contributed by atoms with Crippen molar-refractivity contribution in [3.05, 3.63) is 0 Å². The highest BCUT2D eigenvalue weighted by molar-refractivity contribution is 5.72. The number of hydrogen-bond acceptors (Lipinski definition) is 2. The molecule has 0 aliphatic rings. The summed E-state index contributed by atoms with van der Waals surface area (Å²) in [6.45, 7) is 10.8. The van der Waals surface area contributed by atoms with Gasteiger partial charge in [0.15, 0.2) is 0 Å². The average molecular weight is 186 g/mol. The van der Waals surface area contributed by atoms with E-state index in [4.69, 9.17) is 4.74 Å². The van der Waals surface area contributed by atoms with Crippen LogP contribution >= 0.6 is 0 Å². The van der Waals surface area contributed by atoms with Gasteiger partial charge < -0.3 is 4.74 Å². The van der Waals surface area contributed by atoms with Gasteiger partial charge in [-0.05, 0) is 18.3 Å². The molecule has 0 aliphatic carbocycles. The lowest BCUT2D eigenvalue weighted by Gasteiger charge is -2.22. The van der Waals surface area contributed by atoms with Gasteiger partial charge in [0, 0.05) is 0 Å². The van der Waals surface area contributed by atoms with Crippen molar-refractivity contribution in [1.29, 1.82) is 0 Å². The zero-order chi connectivity index (χ0) is 10.4.